The van der Waals surface area contributed by atoms with E-state index in [4.69, 9.17) is 21.5 Å². The Bertz CT molecular complexity index is 4180. The summed E-state index contributed by atoms with van der Waals surface area (Å²) in [5, 5.41) is 12.1. The number of aromatic nitrogens is 4. The molecule has 0 spiro atoms. The van der Waals surface area contributed by atoms with Crippen molar-refractivity contribution in [1.82, 2.24) is 19.5 Å². The maximum absolute atomic E-state index is 8.32. The van der Waals surface area contributed by atoms with Gasteiger partial charge in [0.1, 0.15) is 0 Å². The van der Waals surface area contributed by atoms with Gasteiger partial charge in [0, 0.05) is 28.3 Å². The third kappa shape index (κ3) is 7.86. The highest BCUT2D eigenvalue weighted by Crippen LogP contribution is 2.43. The molecule has 0 fully saturated rings. The summed E-state index contributed by atoms with van der Waals surface area (Å²) in [6.45, 7) is 8.32. The molecule has 1 aliphatic heterocycles. The number of benzene rings is 11. The molecule has 0 unspecified atom stereocenters. The second kappa shape index (κ2) is 19.8. The summed E-state index contributed by atoms with van der Waals surface area (Å²) in [6.07, 6.45) is 0.784. The smallest absolute Gasteiger partial charge is 0.240 e. The minimum Gasteiger partial charge on any atom is -0.279 e. The van der Waals surface area contributed by atoms with E-state index in [1.165, 1.54) is 52.6 Å². The molecule has 1 aliphatic rings. The lowest BCUT2D eigenvalue weighted by molar-refractivity contribution is 0.923. The van der Waals surface area contributed by atoms with Crippen LogP contribution < -0.4 is 46.4 Å². The number of fused-ring (bicyclic) bond motifs is 5. The number of nitrogens with zero attached hydrogens (tertiary/aromatic N) is 6. The Morgan fingerprint density at radius 3 is 1.20 bits per heavy atom. The van der Waals surface area contributed by atoms with E-state index in [1.807, 2.05) is 12.1 Å². The number of anilines is 3. The van der Waals surface area contributed by atoms with Crippen molar-refractivity contribution in [2.24, 2.45) is 0 Å². The van der Waals surface area contributed by atoms with Crippen molar-refractivity contribution in [1.29, 1.82) is 0 Å². The van der Waals surface area contributed by atoms with Crippen molar-refractivity contribution in [3.8, 4) is 17.3 Å². The Morgan fingerprint density at radius 1 is 0.342 bits per heavy atom. The zero-order valence-electron chi connectivity index (χ0n) is 43.1. The van der Waals surface area contributed by atoms with Crippen LogP contribution in [0.15, 0.2) is 291 Å². The minimum absolute atomic E-state index is 0.453. The van der Waals surface area contributed by atoms with Gasteiger partial charge in [-0.05, 0) is 76.9 Å². The van der Waals surface area contributed by atoms with Crippen LogP contribution in [0.3, 0.4) is 0 Å². The summed E-state index contributed by atoms with van der Waals surface area (Å²) in [7, 11) is -5.99. The molecule has 79 heavy (non-hydrogen) atoms. The van der Waals surface area contributed by atoms with Gasteiger partial charge in [0.05, 0.1) is 23.5 Å². The van der Waals surface area contributed by atoms with E-state index in [1.54, 1.807) is 0 Å². The predicted octanol–water partition coefficient (Wildman–Crippen LogP) is 11.3. The molecular formula is C71H50N6Si2. The summed E-state index contributed by atoms with van der Waals surface area (Å²) >= 11 is 0. The Morgan fingerprint density at radius 2 is 0.734 bits per heavy atom. The molecule has 0 radical (unpaired) electrons. The quantitative estimate of drug-likeness (QED) is 0.0736. The van der Waals surface area contributed by atoms with Gasteiger partial charge in [-0.2, -0.15) is 15.0 Å². The SMILES string of the molecule is [C-]#[N+]c1ccc2c3ccc([Si](c4ccccc4)(c4ccccc4)c4ccccc4)cc3n(-c3nc(-c4cccc([Si](c5ccccc5)(c5ccccc5)c5ccccc5)c4)nc(N4c5ccccc5Cc5ccccc54)n3)c2c1. The van der Waals surface area contributed by atoms with E-state index in [0.717, 1.165) is 45.2 Å². The molecule has 11 aromatic carbocycles. The van der Waals surface area contributed by atoms with Gasteiger partial charge >= 0.3 is 0 Å². The van der Waals surface area contributed by atoms with Crippen molar-refractivity contribution < 1.29 is 0 Å². The van der Waals surface area contributed by atoms with Gasteiger partial charge in [-0.3, -0.25) is 9.47 Å². The Balaban J connectivity index is 1.08. The average Bonchev–Trinajstić information content (AvgIpc) is 4.09. The molecule has 0 saturated carbocycles. The van der Waals surface area contributed by atoms with Gasteiger partial charge in [0.25, 0.3) is 0 Å². The van der Waals surface area contributed by atoms with E-state index >= 15 is 0 Å². The summed E-state index contributed by atoms with van der Waals surface area (Å²) in [5.74, 6) is 1.49. The zero-order valence-corrected chi connectivity index (χ0v) is 45.1. The average molecular weight is 1040 g/mol. The molecule has 14 rings (SSSR count). The van der Waals surface area contributed by atoms with Gasteiger partial charge in [-0.15, -0.1) is 0 Å². The Kier molecular flexibility index (Phi) is 11.9. The van der Waals surface area contributed by atoms with Crippen LogP contribution in [-0.2, 0) is 6.42 Å². The fourth-order valence-corrected chi connectivity index (χ4v) is 22.1. The van der Waals surface area contributed by atoms with Gasteiger partial charge < -0.3 is 0 Å². The molecule has 0 atom stereocenters. The molecule has 0 amide bonds. The van der Waals surface area contributed by atoms with Gasteiger partial charge in [0.2, 0.25) is 11.9 Å². The lowest BCUT2D eigenvalue weighted by Gasteiger charge is -2.34. The molecule has 0 saturated heterocycles. The lowest BCUT2D eigenvalue weighted by Crippen LogP contribution is -2.74. The number of rotatable bonds is 11. The standard InChI is InChI=1S/C71H50N6Si2/c1-72-54-43-45-63-64-46-44-62(79(58-34-14-5-15-35-58,59-36-16-6-17-37-59)60-38-18-7-19-39-60)50-68(64)77(67(63)49-54)71-74-69(73-70(75-71)76-65-41-22-20-25-51(65)47-52-26-21-23-42-66(52)76)53-27-24-40-61(48-53)78(55-28-8-2-9-29-55,56-30-10-3-11-31-56)57-32-12-4-13-33-57/h2-46,48-50H,47H2. The molecule has 372 valence electrons. The van der Waals surface area contributed by atoms with E-state index < -0.39 is 16.1 Å². The zero-order chi connectivity index (χ0) is 52.8. The summed E-state index contributed by atoms with van der Waals surface area (Å²) in [6, 6.07) is 105. The first-order chi connectivity index (χ1) is 39.1. The van der Waals surface area contributed by atoms with E-state index in [2.05, 4.69) is 293 Å². The van der Waals surface area contributed by atoms with Gasteiger partial charge in [0.15, 0.2) is 27.7 Å². The van der Waals surface area contributed by atoms with Crippen LogP contribution in [0.1, 0.15) is 11.1 Å². The molecule has 13 aromatic rings. The first-order valence-corrected chi connectivity index (χ1v) is 30.8. The molecule has 6 nitrogen and oxygen atoms in total. The summed E-state index contributed by atoms with van der Waals surface area (Å²) < 4.78 is 2.19. The molecule has 0 aliphatic carbocycles. The molecular weight excluding hydrogens is 993 g/mol. The maximum atomic E-state index is 8.32. The highest BCUT2D eigenvalue weighted by atomic mass is 28.3. The van der Waals surface area contributed by atoms with Crippen molar-refractivity contribution >= 4 is 102 Å². The third-order valence-electron chi connectivity index (χ3n) is 16.0. The van der Waals surface area contributed by atoms with Crippen LogP contribution in [-0.4, -0.2) is 35.7 Å². The molecule has 2 aromatic heterocycles. The number of hydrogen-bond donors (Lipinski definition) is 0. The fraction of sp³-hybridized carbons (Fsp3) is 0.0141. The minimum atomic E-state index is -3.02. The third-order valence-corrected chi connectivity index (χ3v) is 25.5. The predicted molar refractivity (Wildman–Crippen MR) is 331 cm³/mol. The molecule has 0 bridgehead atoms. The highest BCUT2D eigenvalue weighted by molar-refractivity contribution is 7.20. The second-order valence-electron chi connectivity index (χ2n) is 20.2. The highest BCUT2D eigenvalue weighted by Gasteiger charge is 2.43. The van der Waals surface area contributed by atoms with Crippen molar-refractivity contribution in [2.45, 2.75) is 6.42 Å². The van der Waals surface area contributed by atoms with E-state index in [9.17, 15) is 0 Å². The monoisotopic (exact) mass is 1040 g/mol. The Hall–Kier alpha value is -10.0. The molecule has 3 heterocycles. The van der Waals surface area contributed by atoms with Crippen LogP contribution in [0.25, 0.3) is 44.0 Å². The van der Waals surface area contributed by atoms with Gasteiger partial charge in [-0.25, -0.2) is 4.85 Å². The lowest BCUT2D eigenvalue weighted by atomic mass is 9.96. The largest absolute Gasteiger partial charge is 0.279 e. The first-order valence-electron chi connectivity index (χ1n) is 26.8. The van der Waals surface area contributed by atoms with Crippen molar-refractivity contribution in [3.05, 3.63) is 314 Å². The van der Waals surface area contributed by atoms with Crippen LogP contribution in [0, 0.1) is 6.57 Å². The van der Waals surface area contributed by atoms with Crippen molar-refractivity contribution in [3.63, 3.8) is 0 Å². The van der Waals surface area contributed by atoms with Crippen LogP contribution in [0.2, 0.25) is 0 Å². The molecule has 8 heteroatoms. The molecule has 0 N–H and O–H groups in total. The topological polar surface area (TPSA) is 51.2 Å². The number of hydrogen-bond acceptors (Lipinski definition) is 4. The Labute approximate surface area is 461 Å². The summed E-state index contributed by atoms with van der Waals surface area (Å²) in [5.41, 5.74) is 7.58. The van der Waals surface area contributed by atoms with E-state index in [-0.39, 0.29) is 0 Å². The second-order valence-corrected chi connectivity index (χ2v) is 27.8. The van der Waals surface area contributed by atoms with E-state index in [0.29, 0.717) is 23.4 Å². The van der Waals surface area contributed by atoms with Crippen LogP contribution >= 0.6 is 0 Å². The van der Waals surface area contributed by atoms with Crippen LogP contribution in [0.5, 0.6) is 0 Å². The van der Waals surface area contributed by atoms with Gasteiger partial charge in [-0.1, -0.05) is 267 Å². The summed E-state index contributed by atoms with van der Waals surface area (Å²) in [4.78, 5) is 23.2. The number of para-hydroxylation sites is 2. The van der Waals surface area contributed by atoms with Crippen LogP contribution in [0.4, 0.5) is 23.0 Å². The van der Waals surface area contributed by atoms with Crippen molar-refractivity contribution in [2.75, 3.05) is 4.90 Å². The fourth-order valence-electron chi connectivity index (χ4n) is 12.5. The first kappa shape index (κ1) is 47.4. The maximum Gasteiger partial charge on any atom is 0.240 e. The normalized spacial score (nSPS) is 12.2.